The van der Waals surface area contributed by atoms with Gasteiger partial charge in [0.05, 0.1) is 25.0 Å². The Bertz CT molecular complexity index is 1230. The predicted octanol–water partition coefficient (Wildman–Crippen LogP) is 3.65. The first-order chi connectivity index (χ1) is 15.9. The number of hydrogen-bond donors (Lipinski definition) is 0. The molecule has 0 spiro atoms. The van der Waals surface area contributed by atoms with E-state index < -0.39 is 17.9 Å². The van der Waals surface area contributed by atoms with Gasteiger partial charge in [-0.05, 0) is 43.7 Å². The average molecular weight is 443 g/mol. The van der Waals surface area contributed by atoms with Gasteiger partial charge in [-0.15, -0.1) is 6.58 Å². The van der Waals surface area contributed by atoms with Crippen molar-refractivity contribution in [3.05, 3.63) is 77.9 Å². The predicted molar refractivity (Wildman–Crippen MR) is 126 cm³/mol. The molecule has 2 aromatic carbocycles. The van der Waals surface area contributed by atoms with E-state index in [0.717, 1.165) is 22.4 Å². The van der Waals surface area contributed by atoms with Crippen LogP contribution >= 0.6 is 0 Å². The van der Waals surface area contributed by atoms with Gasteiger partial charge in [-0.2, -0.15) is 0 Å². The van der Waals surface area contributed by atoms with Gasteiger partial charge in [-0.3, -0.25) is 19.3 Å². The Labute approximate surface area is 193 Å². The Hall–Kier alpha value is -3.67. The SMILES string of the molecule is C=CCN1C(=O)[C@@H]2[C@H](C1=O)[C@H]1C=C(C)c3cc(C)ccc3N1[C@H]2C(=O)c1cccc(OC)c1. The van der Waals surface area contributed by atoms with Crippen molar-refractivity contribution in [2.24, 2.45) is 11.8 Å². The summed E-state index contributed by atoms with van der Waals surface area (Å²) in [5.74, 6) is -1.52. The highest BCUT2D eigenvalue weighted by atomic mass is 16.5. The molecular weight excluding hydrogens is 416 g/mol. The van der Waals surface area contributed by atoms with Gasteiger partial charge in [0.25, 0.3) is 0 Å². The number of carbonyl (C=O) groups is 3. The third-order valence-corrected chi connectivity index (χ3v) is 7.03. The molecule has 3 heterocycles. The number of benzene rings is 2. The van der Waals surface area contributed by atoms with Crippen LogP contribution in [-0.4, -0.2) is 48.2 Å². The van der Waals surface area contributed by atoms with Gasteiger partial charge in [-0.25, -0.2) is 0 Å². The monoisotopic (exact) mass is 442 g/mol. The van der Waals surface area contributed by atoms with E-state index in [0.29, 0.717) is 11.3 Å². The number of allylic oxidation sites excluding steroid dienone is 1. The Morgan fingerprint density at radius 2 is 1.85 bits per heavy atom. The first-order valence-electron chi connectivity index (χ1n) is 11.1. The van der Waals surface area contributed by atoms with Crippen molar-refractivity contribution < 1.29 is 19.1 Å². The second kappa shape index (κ2) is 7.73. The van der Waals surface area contributed by atoms with Crippen LogP contribution in [0.25, 0.3) is 5.57 Å². The fourth-order valence-electron chi connectivity index (χ4n) is 5.57. The second-order valence-electron chi connectivity index (χ2n) is 8.94. The summed E-state index contributed by atoms with van der Waals surface area (Å²) in [4.78, 5) is 44.1. The number of amides is 2. The van der Waals surface area contributed by atoms with Gasteiger partial charge >= 0.3 is 0 Å². The third-order valence-electron chi connectivity index (χ3n) is 7.03. The summed E-state index contributed by atoms with van der Waals surface area (Å²) in [6.07, 6.45) is 3.59. The highest BCUT2D eigenvalue weighted by Gasteiger charge is 2.64. The quantitative estimate of drug-likeness (QED) is 0.402. The number of likely N-dealkylation sites (tertiary alicyclic amines) is 1. The van der Waals surface area contributed by atoms with E-state index in [2.05, 4.69) is 12.6 Å². The molecule has 2 aromatic rings. The number of methoxy groups -OCH3 is 1. The molecule has 2 fully saturated rings. The number of ether oxygens (including phenoxy) is 1. The minimum absolute atomic E-state index is 0.149. The zero-order valence-corrected chi connectivity index (χ0v) is 18.9. The van der Waals surface area contributed by atoms with E-state index in [1.54, 1.807) is 37.5 Å². The number of anilines is 1. The Balaban J connectivity index is 1.69. The van der Waals surface area contributed by atoms with Crippen LogP contribution in [0.4, 0.5) is 5.69 Å². The number of imide groups is 1. The highest BCUT2D eigenvalue weighted by Crippen LogP contribution is 2.50. The van der Waals surface area contributed by atoms with E-state index in [1.165, 1.54) is 4.90 Å². The summed E-state index contributed by atoms with van der Waals surface area (Å²) in [6.45, 7) is 7.88. The van der Waals surface area contributed by atoms with Crippen molar-refractivity contribution in [2.45, 2.75) is 25.9 Å². The molecule has 0 unspecified atom stereocenters. The molecule has 0 radical (unpaired) electrons. The normalized spacial score (nSPS) is 25.4. The molecule has 3 aliphatic heterocycles. The third kappa shape index (κ3) is 3.04. The van der Waals surface area contributed by atoms with Gasteiger partial charge in [-0.1, -0.05) is 35.9 Å². The molecule has 4 atom stereocenters. The van der Waals surface area contributed by atoms with Crippen molar-refractivity contribution in [2.75, 3.05) is 18.6 Å². The lowest BCUT2D eigenvalue weighted by molar-refractivity contribution is -0.139. The van der Waals surface area contributed by atoms with Crippen molar-refractivity contribution in [3.63, 3.8) is 0 Å². The number of aryl methyl sites for hydroxylation is 1. The van der Waals surface area contributed by atoms with Gasteiger partial charge < -0.3 is 9.64 Å². The lowest BCUT2D eigenvalue weighted by atomic mass is 9.85. The number of nitrogens with zero attached hydrogens (tertiary/aromatic N) is 2. The number of rotatable bonds is 5. The average Bonchev–Trinajstić information content (AvgIpc) is 3.27. The van der Waals surface area contributed by atoms with E-state index >= 15 is 0 Å². The molecule has 5 rings (SSSR count). The molecule has 3 aliphatic rings. The largest absolute Gasteiger partial charge is 0.497 e. The van der Waals surface area contributed by atoms with Crippen LogP contribution in [-0.2, 0) is 9.59 Å². The van der Waals surface area contributed by atoms with Crippen LogP contribution in [0, 0.1) is 18.8 Å². The van der Waals surface area contributed by atoms with Crippen molar-refractivity contribution in [3.8, 4) is 5.75 Å². The zero-order valence-electron chi connectivity index (χ0n) is 18.9. The number of fused-ring (bicyclic) bond motifs is 5. The summed E-state index contributed by atoms with van der Waals surface area (Å²) in [7, 11) is 1.55. The zero-order chi connectivity index (χ0) is 23.4. The minimum atomic E-state index is -0.788. The Morgan fingerprint density at radius 1 is 1.09 bits per heavy atom. The number of Topliss-reactive ketones (excluding diaryl/α,β-unsaturated/α-hetero) is 1. The maximum absolute atomic E-state index is 14.0. The number of carbonyl (C=O) groups excluding carboxylic acids is 3. The molecule has 6 heteroatoms. The van der Waals surface area contributed by atoms with Crippen molar-refractivity contribution >= 4 is 28.9 Å². The summed E-state index contributed by atoms with van der Waals surface area (Å²) in [5, 5.41) is 0. The molecule has 0 bridgehead atoms. The fourth-order valence-corrected chi connectivity index (χ4v) is 5.57. The minimum Gasteiger partial charge on any atom is -0.497 e. The van der Waals surface area contributed by atoms with Crippen LogP contribution in [0.5, 0.6) is 5.75 Å². The number of hydrogen-bond acceptors (Lipinski definition) is 5. The molecule has 6 nitrogen and oxygen atoms in total. The van der Waals surface area contributed by atoms with E-state index in [1.807, 2.05) is 37.0 Å². The van der Waals surface area contributed by atoms with Gasteiger partial charge in [0.2, 0.25) is 11.8 Å². The summed E-state index contributed by atoms with van der Waals surface area (Å²) < 4.78 is 5.32. The molecule has 0 saturated carbocycles. The van der Waals surface area contributed by atoms with Crippen LogP contribution < -0.4 is 9.64 Å². The lowest BCUT2D eigenvalue weighted by Crippen LogP contribution is -2.49. The van der Waals surface area contributed by atoms with Gasteiger partial charge in [0.1, 0.15) is 11.8 Å². The number of ketones is 1. The van der Waals surface area contributed by atoms with Crippen LogP contribution in [0.15, 0.2) is 61.2 Å². The van der Waals surface area contributed by atoms with Crippen LogP contribution in [0.2, 0.25) is 0 Å². The summed E-state index contributed by atoms with van der Waals surface area (Å²) in [5.41, 5.74) is 4.53. The molecule has 0 aliphatic carbocycles. The first-order valence-corrected chi connectivity index (χ1v) is 11.1. The summed E-state index contributed by atoms with van der Waals surface area (Å²) in [6, 6.07) is 11.9. The first kappa shape index (κ1) is 21.2. The molecule has 33 heavy (non-hydrogen) atoms. The highest BCUT2D eigenvalue weighted by molar-refractivity contribution is 6.14. The maximum atomic E-state index is 14.0. The van der Waals surface area contributed by atoms with Gasteiger partial charge in [0.15, 0.2) is 5.78 Å². The Kier molecular flexibility index (Phi) is 4.96. The van der Waals surface area contributed by atoms with Crippen LogP contribution in [0.1, 0.15) is 28.4 Å². The molecule has 0 N–H and O–H groups in total. The molecule has 0 aromatic heterocycles. The van der Waals surface area contributed by atoms with E-state index in [4.69, 9.17) is 4.74 Å². The maximum Gasteiger partial charge on any atom is 0.236 e. The molecular formula is C27H26N2O4. The smallest absolute Gasteiger partial charge is 0.236 e. The molecule has 2 saturated heterocycles. The van der Waals surface area contributed by atoms with Crippen molar-refractivity contribution in [1.82, 2.24) is 4.90 Å². The van der Waals surface area contributed by atoms with Crippen molar-refractivity contribution in [1.29, 1.82) is 0 Å². The van der Waals surface area contributed by atoms with E-state index in [9.17, 15) is 14.4 Å². The summed E-state index contributed by atoms with van der Waals surface area (Å²) >= 11 is 0. The lowest BCUT2D eigenvalue weighted by Gasteiger charge is -2.38. The topological polar surface area (TPSA) is 66.9 Å². The van der Waals surface area contributed by atoms with Crippen LogP contribution in [0.3, 0.4) is 0 Å². The van der Waals surface area contributed by atoms with Gasteiger partial charge in [0, 0.05) is 23.4 Å². The standard InChI is InChI=1S/C27H26N2O4/c1-5-11-28-26(31)22-21-13-16(3)19-12-15(2)9-10-20(19)29(21)24(23(22)27(28)32)25(30)17-7-6-8-18(14-17)33-4/h5-10,12-14,21-24H,1,11H2,2-4H3/t21-,22-,23-,24-/m1/s1. The second-order valence-corrected chi connectivity index (χ2v) is 8.94. The fraction of sp³-hybridized carbons (Fsp3) is 0.296. The Morgan fingerprint density at radius 3 is 2.58 bits per heavy atom. The molecule has 168 valence electrons. The molecule has 2 amide bonds. The van der Waals surface area contributed by atoms with E-state index in [-0.39, 0.29) is 30.2 Å².